The van der Waals surface area contributed by atoms with Gasteiger partial charge >= 0.3 is 0 Å². The number of nitrogens with zero attached hydrogens (tertiary/aromatic N) is 1. The molecule has 0 saturated heterocycles. The van der Waals surface area contributed by atoms with Gasteiger partial charge in [-0.2, -0.15) is 0 Å². The van der Waals surface area contributed by atoms with Crippen LogP contribution in [0.5, 0.6) is 0 Å². The normalized spacial score (nSPS) is 25.9. The summed E-state index contributed by atoms with van der Waals surface area (Å²) in [5.41, 5.74) is 5.13. The van der Waals surface area contributed by atoms with Gasteiger partial charge in [-0.3, -0.25) is 4.79 Å². The fraction of sp³-hybridized carbons (Fsp3) is 0.933. The highest BCUT2D eigenvalue weighted by Crippen LogP contribution is 2.34. The van der Waals surface area contributed by atoms with Crippen LogP contribution in [0.2, 0.25) is 0 Å². The number of hydrogen-bond acceptors (Lipinski definition) is 2. The second kappa shape index (κ2) is 5.20. The van der Waals surface area contributed by atoms with Gasteiger partial charge in [0.1, 0.15) is 0 Å². The molecule has 0 aromatic rings. The molecule has 0 aromatic carbocycles. The summed E-state index contributed by atoms with van der Waals surface area (Å²) in [6.45, 7) is 10.1. The molecule has 0 radical (unpaired) electrons. The molecule has 0 aromatic heterocycles. The van der Waals surface area contributed by atoms with E-state index < -0.39 is 11.0 Å². The zero-order valence-corrected chi connectivity index (χ0v) is 12.9. The number of carbonyl (C=O) groups excluding carboxylic acids is 1. The Morgan fingerprint density at radius 2 is 1.78 bits per heavy atom. The van der Waals surface area contributed by atoms with Crippen LogP contribution >= 0.6 is 0 Å². The summed E-state index contributed by atoms with van der Waals surface area (Å²) in [5.74, 6) is 0.905. The molecule has 2 unspecified atom stereocenters. The molecule has 2 N–H and O–H groups in total. The molecule has 1 fully saturated rings. The molecule has 0 spiro atoms. The summed E-state index contributed by atoms with van der Waals surface area (Å²) in [6.07, 6.45) is 4.79. The van der Waals surface area contributed by atoms with Crippen LogP contribution < -0.4 is 5.73 Å². The van der Waals surface area contributed by atoms with Crippen molar-refractivity contribution < 1.29 is 4.79 Å². The van der Waals surface area contributed by atoms with Crippen LogP contribution in [0.15, 0.2) is 0 Å². The van der Waals surface area contributed by atoms with Gasteiger partial charge in [0.05, 0.1) is 5.41 Å². The average Bonchev–Trinajstić information content (AvgIpc) is 2.25. The highest BCUT2D eigenvalue weighted by Gasteiger charge is 2.43. The Hall–Kier alpha value is -0.570. The van der Waals surface area contributed by atoms with Crippen LogP contribution in [0.25, 0.3) is 0 Å². The fourth-order valence-electron chi connectivity index (χ4n) is 2.64. The number of nitrogens with two attached hydrogens (primary N) is 1. The van der Waals surface area contributed by atoms with Crippen LogP contribution in [0, 0.1) is 11.3 Å². The predicted octanol–water partition coefficient (Wildman–Crippen LogP) is 2.79. The predicted molar refractivity (Wildman–Crippen MR) is 76.2 cm³/mol. The Morgan fingerprint density at radius 1 is 1.22 bits per heavy atom. The third-order valence-electron chi connectivity index (χ3n) is 4.92. The van der Waals surface area contributed by atoms with Gasteiger partial charge < -0.3 is 10.6 Å². The van der Waals surface area contributed by atoms with Gasteiger partial charge in [-0.25, -0.2) is 0 Å². The summed E-state index contributed by atoms with van der Waals surface area (Å²) in [7, 11) is 1.94. The standard InChI is InChI=1S/C15H30N2O/c1-11-8-7-9-12(10-11)17(6)13(18)14(2,3)15(4,5)16/h11-12H,7-10,16H2,1-6H3. The molecular formula is C15H30N2O. The lowest BCUT2D eigenvalue weighted by Gasteiger charge is -2.43. The minimum atomic E-state index is -0.525. The summed E-state index contributed by atoms with van der Waals surface area (Å²) >= 11 is 0. The molecule has 0 heterocycles. The molecule has 1 aliphatic rings. The topological polar surface area (TPSA) is 46.3 Å². The maximum absolute atomic E-state index is 12.7. The zero-order valence-electron chi connectivity index (χ0n) is 12.9. The summed E-state index contributed by atoms with van der Waals surface area (Å²) < 4.78 is 0. The van der Waals surface area contributed by atoms with Crippen LogP contribution in [0.4, 0.5) is 0 Å². The van der Waals surface area contributed by atoms with Gasteiger partial charge in [0.25, 0.3) is 0 Å². The molecule has 2 atom stereocenters. The lowest BCUT2D eigenvalue weighted by atomic mass is 9.73. The molecule has 3 heteroatoms. The second-order valence-electron chi connectivity index (χ2n) is 7.19. The monoisotopic (exact) mass is 254 g/mol. The van der Waals surface area contributed by atoms with Crippen molar-refractivity contribution in [3.63, 3.8) is 0 Å². The molecule has 1 amide bonds. The van der Waals surface area contributed by atoms with Gasteiger partial charge in [-0.1, -0.05) is 19.8 Å². The van der Waals surface area contributed by atoms with Crippen molar-refractivity contribution >= 4 is 5.91 Å². The van der Waals surface area contributed by atoms with E-state index in [-0.39, 0.29) is 5.91 Å². The maximum atomic E-state index is 12.7. The van der Waals surface area contributed by atoms with E-state index in [1.54, 1.807) is 0 Å². The van der Waals surface area contributed by atoms with Crippen LogP contribution in [-0.2, 0) is 4.79 Å². The van der Waals surface area contributed by atoms with E-state index in [9.17, 15) is 4.79 Å². The fourth-order valence-corrected chi connectivity index (χ4v) is 2.64. The molecule has 0 bridgehead atoms. The van der Waals surface area contributed by atoms with Crippen LogP contribution in [0.3, 0.4) is 0 Å². The summed E-state index contributed by atoms with van der Waals surface area (Å²) in [6, 6.07) is 0.392. The van der Waals surface area contributed by atoms with Crippen molar-refractivity contribution in [2.24, 2.45) is 17.1 Å². The van der Waals surface area contributed by atoms with Crippen LogP contribution in [-0.4, -0.2) is 29.4 Å². The molecular weight excluding hydrogens is 224 g/mol. The number of carbonyl (C=O) groups is 1. The highest BCUT2D eigenvalue weighted by atomic mass is 16.2. The molecule has 3 nitrogen and oxygen atoms in total. The van der Waals surface area contributed by atoms with Gasteiger partial charge in [-0.05, 0) is 46.5 Å². The lowest BCUT2D eigenvalue weighted by Crippen LogP contribution is -2.57. The molecule has 1 saturated carbocycles. The quantitative estimate of drug-likeness (QED) is 0.842. The Balaban J connectivity index is 2.77. The van der Waals surface area contributed by atoms with Crippen LogP contribution in [0.1, 0.15) is 60.3 Å². The number of amides is 1. The summed E-state index contributed by atoms with van der Waals surface area (Å²) in [5, 5.41) is 0. The molecule has 1 rings (SSSR count). The minimum absolute atomic E-state index is 0.175. The highest BCUT2D eigenvalue weighted by molar-refractivity contribution is 5.83. The molecule has 18 heavy (non-hydrogen) atoms. The van der Waals surface area contributed by atoms with Gasteiger partial charge in [0.2, 0.25) is 5.91 Å². The third kappa shape index (κ3) is 3.05. The van der Waals surface area contributed by atoms with E-state index in [4.69, 9.17) is 5.73 Å². The van der Waals surface area contributed by atoms with E-state index in [0.717, 1.165) is 18.8 Å². The first kappa shape index (κ1) is 15.5. The van der Waals surface area contributed by atoms with Gasteiger partial charge in [0, 0.05) is 18.6 Å². The zero-order chi connectivity index (χ0) is 14.1. The van der Waals surface area contributed by atoms with Gasteiger partial charge in [-0.15, -0.1) is 0 Å². The Bertz CT molecular complexity index is 304. The smallest absolute Gasteiger partial charge is 0.230 e. The maximum Gasteiger partial charge on any atom is 0.230 e. The summed E-state index contributed by atoms with van der Waals surface area (Å²) in [4.78, 5) is 14.6. The first-order valence-corrected chi connectivity index (χ1v) is 7.13. The van der Waals surface area contributed by atoms with E-state index >= 15 is 0 Å². The number of hydrogen-bond donors (Lipinski definition) is 1. The third-order valence-corrected chi connectivity index (χ3v) is 4.92. The van der Waals surface area contributed by atoms with Crippen molar-refractivity contribution in [1.82, 2.24) is 4.90 Å². The largest absolute Gasteiger partial charge is 0.342 e. The first-order chi connectivity index (χ1) is 8.07. The SMILES string of the molecule is CC1CCCC(N(C)C(=O)C(C)(C)C(C)(C)N)C1. The van der Waals surface area contributed by atoms with E-state index in [1.807, 2.05) is 39.6 Å². The molecule has 1 aliphatic carbocycles. The van der Waals surface area contributed by atoms with Crippen molar-refractivity contribution in [3.05, 3.63) is 0 Å². The average molecular weight is 254 g/mol. The van der Waals surface area contributed by atoms with Crippen molar-refractivity contribution in [1.29, 1.82) is 0 Å². The first-order valence-electron chi connectivity index (χ1n) is 7.13. The Labute approximate surface area is 112 Å². The van der Waals surface area contributed by atoms with E-state index in [1.165, 1.54) is 12.8 Å². The van der Waals surface area contributed by atoms with Crippen molar-refractivity contribution in [3.8, 4) is 0 Å². The Morgan fingerprint density at radius 3 is 2.22 bits per heavy atom. The van der Waals surface area contributed by atoms with E-state index in [0.29, 0.717) is 6.04 Å². The molecule has 0 aliphatic heterocycles. The molecule has 106 valence electrons. The van der Waals surface area contributed by atoms with Crippen molar-refractivity contribution in [2.45, 2.75) is 71.9 Å². The second-order valence-corrected chi connectivity index (χ2v) is 7.19. The Kier molecular flexibility index (Phi) is 4.47. The van der Waals surface area contributed by atoms with Gasteiger partial charge in [0.15, 0.2) is 0 Å². The van der Waals surface area contributed by atoms with E-state index in [2.05, 4.69) is 6.92 Å². The number of rotatable bonds is 3. The minimum Gasteiger partial charge on any atom is -0.342 e. The lowest BCUT2D eigenvalue weighted by molar-refractivity contribution is -0.145. The van der Waals surface area contributed by atoms with Crippen molar-refractivity contribution in [2.75, 3.05) is 7.05 Å².